The molecule has 0 heterocycles. The van der Waals surface area contributed by atoms with E-state index in [2.05, 4.69) is 5.32 Å². The zero-order chi connectivity index (χ0) is 31.9. The van der Waals surface area contributed by atoms with Gasteiger partial charge in [-0.1, -0.05) is 42.8 Å². The lowest BCUT2D eigenvalue weighted by Gasteiger charge is -2.32. The molecule has 0 radical (unpaired) electrons. The summed E-state index contributed by atoms with van der Waals surface area (Å²) < 4.78 is 34.2. The van der Waals surface area contributed by atoms with Crippen LogP contribution in [0.15, 0.2) is 71.6 Å². The molecule has 0 aliphatic rings. The normalized spacial score (nSPS) is 12.6. The fraction of sp³-hybridized carbons (Fsp3) is 0.355. The van der Waals surface area contributed by atoms with Gasteiger partial charge in [0.15, 0.2) is 0 Å². The number of sulfonamides is 1. The van der Waals surface area contributed by atoms with Crippen molar-refractivity contribution in [1.82, 2.24) is 10.2 Å². The number of carbonyl (C=O) groups is 2. The maximum atomic E-state index is 14.1. The van der Waals surface area contributed by atoms with E-state index in [0.717, 1.165) is 21.5 Å². The van der Waals surface area contributed by atoms with Crippen molar-refractivity contribution in [3.8, 4) is 5.75 Å². The highest BCUT2D eigenvalue weighted by Gasteiger charge is 2.33. The lowest BCUT2D eigenvalue weighted by atomic mass is 10.1. The van der Waals surface area contributed by atoms with Crippen LogP contribution in [-0.4, -0.2) is 55.8 Å². The fourth-order valence-corrected chi connectivity index (χ4v) is 5.84. The Kier molecular flexibility index (Phi) is 10.9. The Bertz CT molecular complexity index is 1580. The molecule has 2 amide bonds. The number of rotatable bonds is 13. The molecule has 12 heteroatoms. The average Bonchev–Trinajstić information content (AvgIpc) is 2.98. The van der Waals surface area contributed by atoms with Gasteiger partial charge in [-0.05, 0) is 70.0 Å². The van der Waals surface area contributed by atoms with E-state index in [-0.39, 0.29) is 34.8 Å². The van der Waals surface area contributed by atoms with Crippen molar-refractivity contribution >= 4 is 33.2 Å². The Balaban J connectivity index is 2.09. The van der Waals surface area contributed by atoms with Gasteiger partial charge in [0.1, 0.15) is 18.3 Å². The third-order valence-corrected chi connectivity index (χ3v) is 8.98. The molecule has 43 heavy (non-hydrogen) atoms. The van der Waals surface area contributed by atoms with Crippen LogP contribution in [0, 0.1) is 24.0 Å². The molecule has 3 aromatic carbocycles. The van der Waals surface area contributed by atoms with Crippen LogP contribution in [0.1, 0.15) is 43.9 Å². The molecule has 0 saturated heterocycles. The first-order valence-corrected chi connectivity index (χ1v) is 15.3. The molecule has 0 aliphatic carbocycles. The average molecular weight is 611 g/mol. The Morgan fingerprint density at radius 2 is 1.70 bits per heavy atom. The molecule has 0 aromatic heterocycles. The van der Waals surface area contributed by atoms with Gasteiger partial charge in [0, 0.05) is 24.2 Å². The van der Waals surface area contributed by atoms with Gasteiger partial charge in [-0.25, -0.2) is 8.42 Å². The summed E-state index contributed by atoms with van der Waals surface area (Å²) >= 11 is 0. The molecular weight excluding hydrogens is 572 g/mol. The highest BCUT2D eigenvalue weighted by molar-refractivity contribution is 7.92. The van der Waals surface area contributed by atoms with Crippen LogP contribution in [0.2, 0.25) is 0 Å². The number of benzene rings is 3. The third kappa shape index (κ3) is 8.10. The SMILES string of the molecule is CC[C@@H](C)NC(=O)[C@@H](C)N(Cc1cccc(C)c1)C(=O)CN(c1ccc(OC)cc1)S(=O)(=O)c1ccc(C)c([N+](=O)[O-])c1. The Morgan fingerprint density at radius 1 is 1.02 bits per heavy atom. The maximum absolute atomic E-state index is 14.1. The van der Waals surface area contributed by atoms with E-state index in [0.29, 0.717) is 17.7 Å². The van der Waals surface area contributed by atoms with Crippen LogP contribution in [0.5, 0.6) is 5.75 Å². The third-order valence-electron chi connectivity index (χ3n) is 7.21. The maximum Gasteiger partial charge on any atom is 0.273 e. The molecule has 1 N–H and O–H groups in total. The zero-order valence-electron chi connectivity index (χ0n) is 25.2. The molecule has 3 rings (SSSR count). The number of nitrogens with zero attached hydrogens (tertiary/aromatic N) is 3. The number of anilines is 1. The first-order chi connectivity index (χ1) is 20.3. The molecule has 0 fully saturated rings. The Morgan fingerprint density at radius 3 is 2.28 bits per heavy atom. The minimum absolute atomic E-state index is 0.0576. The molecule has 0 unspecified atom stereocenters. The summed E-state index contributed by atoms with van der Waals surface area (Å²) in [5.74, 6) is -0.535. The summed E-state index contributed by atoms with van der Waals surface area (Å²) in [6, 6.07) is 16.1. The van der Waals surface area contributed by atoms with Crippen molar-refractivity contribution in [1.29, 1.82) is 0 Å². The largest absolute Gasteiger partial charge is 0.497 e. The summed E-state index contributed by atoms with van der Waals surface area (Å²) in [6.07, 6.45) is 0.691. The lowest BCUT2D eigenvalue weighted by Crippen LogP contribution is -2.52. The molecule has 11 nitrogen and oxygen atoms in total. The minimum Gasteiger partial charge on any atom is -0.497 e. The summed E-state index contributed by atoms with van der Waals surface area (Å²) in [6.45, 7) is 8.20. The lowest BCUT2D eigenvalue weighted by molar-refractivity contribution is -0.385. The van der Waals surface area contributed by atoms with E-state index in [1.165, 1.54) is 43.2 Å². The predicted octanol–water partition coefficient (Wildman–Crippen LogP) is 4.75. The van der Waals surface area contributed by atoms with E-state index in [1.807, 2.05) is 45.0 Å². The second-order valence-corrected chi connectivity index (χ2v) is 12.3. The second-order valence-electron chi connectivity index (χ2n) is 10.4. The molecule has 0 aliphatic heterocycles. The van der Waals surface area contributed by atoms with Crippen molar-refractivity contribution < 1.29 is 27.7 Å². The van der Waals surface area contributed by atoms with Crippen LogP contribution in [0.25, 0.3) is 0 Å². The molecule has 0 bridgehead atoms. The molecule has 3 aromatic rings. The summed E-state index contributed by atoms with van der Waals surface area (Å²) in [4.78, 5) is 39.2. The Labute approximate surface area is 252 Å². The highest BCUT2D eigenvalue weighted by Crippen LogP contribution is 2.29. The van der Waals surface area contributed by atoms with E-state index in [1.54, 1.807) is 19.1 Å². The standard InChI is InChI=1S/C31H38N4O7S/c1-7-23(4)32-31(37)24(5)33(19-25-10-8-9-21(2)17-25)30(36)20-34(26-12-14-27(42-6)15-13-26)43(40,41)28-16-11-22(3)29(18-28)35(38)39/h8-18,23-24H,7,19-20H2,1-6H3,(H,32,37)/t23-,24-/m1/s1. The van der Waals surface area contributed by atoms with Gasteiger partial charge in [-0.3, -0.25) is 24.0 Å². The van der Waals surface area contributed by atoms with Gasteiger partial charge in [0.2, 0.25) is 11.8 Å². The molecule has 0 saturated carbocycles. The van der Waals surface area contributed by atoms with E-state index in [9.17, 15) is 28.1 Å². The fourth-order valence-electron chi connectivity index (χ4n) is 4.41. The number of hydrogen-bond donors (Lipinski definition) is 1. The van der Waals surface area contributed by atoms with E-state index < -0.39 is 33.4 Å². The topological polar surface area (TPSA) is 139 Å². The van der Waals surface area contributed by atoms with E-state index >= 15 is 0 Å². The van der Waals surface area contributed by atoms with Crippen molar-refractivity contribution in [3.05, 3.63) is 93.5 Å². The molecule has 0 spiro atoms. The first-order valence-electron chi connectivity index (χ1n) is 13.9. The summed E-state index contributed by atoms with van der Waals surface area (Å²) in [5.41, 5.74) is 1.80. The number of methoxy groups -OCH3 is 1. The van der Waals surface area contributed by atoms with E-state index in [4.69, 9.17) is 4.74 Å². The number of nitrogens with one attached hydrogen (secondary N) is 1. The van der Waals surface area contributed by atoms with Crippen LogP contribution in [0.3, 0.4) is 0 Å². The van der Waals surface area contributed by atoms with Crippen LogP contribution in [-0.2, 0) is 26.2 Å². The van der Waals surface area contributed by atoms with Gasteiger partial charge in [0.05, 0.1) is 22.6 Å². The molecule has 230 valence electrons. The zero-order valence-corrected chi connectivity index (χ0v) is 26.1. The smallest absolute Gasteiger partial charge is 0.273 e. The number of nitro groups is 1. The molecular formula is C31H38N4O7S. The number of hydrogen-bond acceptors (Lipinski definition) is 7. The number of amides is 2. The van der Waals surface area contributed by atoms with Crippen LogP contribution >= 0.6 is 0 Å². The van der Waals surface area contributed by atoms with Gasteiger partial charge < -0.3 is 15.0 Å². The van der Waals surface area contributed by atoms with Gasteiger partial charge in [-0.15, -0.1) is 0 Å². The number of aryl methyl sites for hydroxylation is 2. The summed E-state index contributed by atoms with van der Waals surface area (Å²) in [5, 5.41) is 14.5. The van der Waals surface area contributed by atoms with Crippen LogP contribution in [0.4, 0.5) is 11.4 Å². The van der Waals surface area contributed by atoms with Gasteiger partial charge >= 0.3 is 0 Å². The van der Waals surface area contributed by atoms with Gasteiger partial charge in [-0.2, -0.15) is 0 Å². The van der Waals surface area contributed by atoms with Crippen molar-refractivity contribution in [2.24, 2.45) is 0 Å². The van der Waals surface area contributed by atoms with Crippen molar-refractivity contribution in [2.75, 3.05) is 18.0 Å². The Hall–Kier alpha value is -4.45. The van der Waals surface area contributed by atoms with Crippen molar-refractivity contribution in [2.45, 2.75) is 64.6 Å². The predicted molar refractivity (Wildman–Crippen MR) is 164 cm³/mol. The first kappa shape index (κ1) is 33.1. The minimum atomic E-state index is -4.48. The number of ether oxygens (including phenoxy) is 1. The quantitative estimate of drug-likeness (QED) is 0.218. The number of carbonyl (C=O) groups excluding carboxylic acids is 2. The second kappa shape index (κ2) is 14.1. The highest BCUT2D eigenvalue weighted by atomic mass is 32.2. The van der Waals surface area contributed by atoms with Crippen molar-refractivity contribution in [3.63, 3.8) is 0 Å². The number of nitro benzene ring substituents is 1. The monoisotopic (exact) mass is 610 g/mol. The molecule has 2 atom stereocenters. The van der Waals surface area contributed by atoms with Gasteiger partial charge in [0.25, 0.3) is 15.7 Å². The summed E-state index contributed by atoms with van der Waals surface area (Å²) in [7, 11) is -3.02. The van der Waals surface area contributed by atoms with Crippen LogP contribution < -0.4 is 14.4 Å².